The number of benzene rings is 1. The smallest absolute Gasteiger partial charge is 0.251 e. The summed E-state index contributed by atoms with van der Waals surface area (Å²) in [6.07, 6.45) is 2.81. The van der Waals surface area contributed by atoms with E-state index in [1.165, 1.54) is 25.0 Å². The minimum atomic E-state index is -0.181. The Morgan fingerprint density at radius 3 is 2.04 bits per heavy atom. The quantitative estimate of drug-likeness (QED) is 0.705. The molecule has 6 saturated carbocycles. The van der Waals surface area contributed by atoms with E-state index in [-0.39, 0.29) is 23.5 Å². The predicted molar refractivity (Wildman–Crippen MR) is 94.1 cm³/mol. The van der Waals surface area contributed by atoms with E-state index in [1.807, 2.05) is 0 Å². The van der Waals surface area contributed by atoms with Gasteiger partial charge in [0.05, 0.1) is 0 Å². The lowest BCUT2D eigenvalue weighted by molar-refractivity contribution is -0.126. The molecule has 0 heterocycles. The van der Waals surface area contributed by atoms with Crippen molar-refractivity contribution in [1.82, 2.24) is 10.6 Å². The summed E-state index contributed by atoms with van der Waals surface area (Å²) < 4.78 is 0. The second-order valence-corrected chi connectivity index (χ2v) is 9.06. The third kappa shape index (κ3) is 1.72. The van der Waals surface area contributed by atoms with Gasteiger partial charge in [-0.15, -0.1) is 0 Å². The molecule has 1 aromatic carbocycles. The monoisotopic (exact) mass is 352 g/mol. The van der Waals surface area contributed by atoms with Crippen LogP contribution in [0.15, 0.2) is 24.3 Å². The maximum Gasteiger partial charge on any atom is 0.251 e. The molecule has 6 fully saturated rings. The largest absolute Gasteiger partial charge is 0.508 e. The highest BCUT2D eigenvalue weighted by Gasteiger charge is 2.81. The van der Waals surface area contributed by atoms with Crippen molar-refractivity contribution in [3.05, 3.63) is 29.8 Å². The molecular formula is C21H24N2O3. The van der Waals surface area contributed by atoms with E-state index < -0.39 is 0 Å². The van der Waals surface area contributed by atoms with E-state index in [0.29, 0.717) is 30.5 Å². The van der Waals surface area contributed by atoms with Crippen LogP contribution in [0, 0.1) is 53.3 Å². The van der Waals surface area contributed by atoms with Crippen LogP contribution in [0.3, 0.4) is 0 Å². The van der Waals surface area contributed by atoms with Crippen LogP contribution in [0.1, 0.15) is 23.2 Å². The Bertz CT molecular complexity index is 763. The van der Waals surface area contributed by atoms with Gasteiger partial charge >= 0.3 is 0 Å². The molecule has 1 aromatic rings. The molecule has 0 saturated heterocycles. The highest BCUT2D eigenvalue weighted by Crippen LogP contribution is 2.84. The van der Waals surface area contributed by atoms with Gasteiger partial charge in [-0.3, -0.25) is 9.59 Å². The fraction of sp³-hybridized carbons (Fsp3) is 0.619. The molecule has 0 spiro atoms. The first-order chi connectivity index (χ1) is 12.6. The van der Waals surface area contributed by atoms with E-state index in [4.69, 9.17) is 0 Å². The minimum Gasteiger partial charge on any atom is -0.508 e. The van der Waals surface area contributed by atoms with Crippen LogP contribution in [0.25, 0.3) is 0 Å². The second kappa shape index (κ2) is 5.02. The molecule has 0 aromatic heterocycles. The maximum absolute atomic E-state index is 12.9. The molecule has 8 atom stereocenters. The van der Waals surface area contributed by atoms with Crippen LogP contribution in [0.5, 0.6) is 5.75 Å². The SMILES string of the molecule is O=C(NCCNC(=O)C1C2C3CC4C5CC(C42)C1C53)c1ccc(O)cc1. The number of carbonyl (C=O) groups is 2. The summed E-state index contributed by atoms with van der Waals surface area (Å²) in [6, 6.07) is 6.18. The van der Waals surface area contributed by atoms with Gasteiger partial charge in [-0.05, 0) is 84.5 Å². The Kier molecular flexibility index (Phi) is 2.91. The van der Waals surface area contributed by atoms with Crippen molar-refractivity contribution in [1.29, 1.82) is 0 Å². The Morgan fingerprint density at radius 1 is 0.846 bits per heavy atom. The van der Waals surface area contributed by atoms with E-state index in [2.05, 4.69) is 10.6 Å². The number of phenols is 1. The average Bonchev–Trinajstić information content (AvgIpc) is 3.36. The van der Waals surface area contributed by atoms with Crippen molar-refractivity contribution in [2.75, 3.05) is 13.1 Å². The molecule has 5 nitrogen and oxygen atoms in total. The molecule has 5 heteroatoms. The molecule has 3 N–H and O–H groups in total. The zero-order valence-corrected chi connectivity index (χ0v) is 14.6. The van der Waals surface area contributed by atoms with Gasteiger partial charge in [0.15, 0.2) is 0 Å². The Balaban J connectivity index is 1.04. The summed E-state index contributed by atoms with van der Waals surface area (Å²) in [5, 5.41) is 15.2. The summed E-state index contributed by atoms with van der Waals surface area (Å²) in [4.78, 5) is 24.9. The van der Waals surface area contributed by atoms with E-state index >= 15 is 0 Å². The van der Waals surface area contributed by atoms with Crippen LogP contribution in [-0.4, -0.2) is 30.0 Å². The topological polar surface area (TPSA) is 78.4 Å². The second-order valence-electron chi connectivity index (χ2n) is 9.06. The number of amides is 2. The van der Waals surface area contributed by atoms with E-state index in [9.17, 15) is 14.7 Å². The molecule has 7 rings (SSSR count). The predicted octanol–water partition coefficient (Wildman–Crippen LogP) is 1.63. The van der Waals surface area contributed by atoms with E-state index in [1.54, 1.807) is 12.1 Å². The molecule has 136 valence electrons. The molecule has 26 heavy (non-hydrogen) atoms. The minimum absolute atomic E-state index is 0.143. The summed E-state index contributed by atoms with van der Waals surface area (Å²) in [6.45, 7) is 0.911. The van der Waals surface area contributed by atoms with Gasteiger partial charge in [-0.1, -0.05) is 0 Å². The van der Waals surface area contributed by atoms with Crippen molar-refractivity contribution in [3.8, 4) is 5.75 Å². The first-order valence-electron chi connectivity index (χ1n) is 10.00. The normalized spacial score (nSPS) is 45.0. The third-order valence-electron chi connectivity index (χ3n) is 8.47. The van der Waals surface area contributed by atoms with Crippen molar-refractivity contribution in [3.63, 3.8) is 0 Å². The summed E-state index contributed by atoms with van der Waals surface area (Å²) in [5.41, 5.74) is 0.513. The number of hydrogen-bond acceptors (Lipinski definition) is 3. The Morgan fingerprint density at radius 2 is 1.42 bits per heavy atom. The Hall–Kier alpha value is -2.04. The number of aromatic hydroxyl groups is 1. The highest BCUT2D eigenvalue weighted by molar-refractivity contribution is 5.94. The lowest BCUT2D eigenvalue weighted by Crippen LogP contribution is -2.39. The lowest BCUT2D eigenvalue weighted by Gasteiger charge is -2.33. The molecule has 6 aliphatic carbocycles. The van der Waals surface area contributed by atoms with Gasteiger partial charge in [-0.2, -0.15) is 0 Å². The Labute approximate surface area is 152 Å². The van der Waals surface area contributed by atoms with Crippen molar-refractivity contribution in [2.45, 2.75) is 12.8 Å². The van der Waals surface area contributed by atoms with Gasteiger partial charge in [0.1, 0.15) is 5.75 Å². The van der Waals surface area contributed by atoms with Crippen LogP contribution < -0.4 is 10.6 Å². The molecule has 2 amide bonds. The fourth-order valence-electron chi connectivity index (χ4n) is 8.16. The van der Waals surface area contributed by atoms with Crippen LogP contribution >= 0.6 is 0 Å². The average molecular weight is 352 g/mol. The molecule has 0 radical (unpaired) electrons. The first kappa shape index (κ1) is 15.1. The van der Waals surface area contributed by atoms with Crippen LogP contribution in [0.2, 0.25) is 0 Å². The number of rotatable bonds is 5. The number of phenolic OH excluding ortho intramolecular Hbond substituents is 1. The van der Waals surface area contributed by atoms with Gasteiger partial charge in [0.25, 0.3) is 5.91 Å². The van der Waals surface area contributed by atoms with E-state index in [0.717, 1.165) is 35.5 Å². The molecule has 6 aliphatic rings. The summed E-state index contributed by atoms with van der Waals surface area (Å²) in [7, 11) is 0. The highest BCUT2D eigenvalue weighted by atomic mass is 16.3. The molecule has 0 aliphatic heterocycles. The standard InChI is InChI=1S/C21H24N2O3/c24-10-3-1-9(2-4-10)20(25)22-5-6-23-21(26)19-17-13-7-11-12-8-14(15(11)17)18(19)16(12)13/h1-4,11-19,24H,5-8H2,(H,22,25)(H,23,26). The van der Waals surface area contributed by atoms with Gasteiger partial charge in [0.2, 0.25) is 5.91 Å². The molecule has 8 unspecified atom stereocenters. The zero-order valence-electron chi connectivity index (χ0n) is 14.6. The number of hydrogen-bond donors (Lipinski definition) is 3. The number of carbonyl (C=O) groups excluding carboxylic acids is 2. The van der Waals surface area contributed by atoms with Gasteiger partial charge in [-0.25, -0.2) is 0 Å². The third-order valence-corrected chi connectivity index (χ3v) is 8.47. The fourth-order valence-corrected chi connectivity index (χ4v) is 8.16. The van der Waals surface area contributed by atoms with Gasteiger partial charge < -0.3 is 15.7 Å². The van der Waals surface area contributed by atoms with Crippen molar-refractivity contribution >= 4 is 11.8 Å². The van der Waals surface area contributed by atoms with Crippen LogP contribution in [0.4, 0.5) is 0 Å². The summed E-state index contributed by atoms with van der Waals surface area (Å²) in [5.74, 6) is 7.15. The van der Waals surface area contributed by atoms with Crippen LogP contribution in [-0.2, 0) is 4.79 Å². The molecular weight excluding hydrogens is 328 g/mol. The van der Waals surface area contributed by atoms with Crippen molar-refractivity contribution in [2.24, 2.45) is 53.3 Å². The maximum atomic E-state index is 12.9. The zero-order chi connectivity index (χ0) is 17.6. The van der Waals surface area contributed by atoms with Crippen molar-refractivity contribution < 1.29 is 14.7 Å². The first-order valence-corrected chi connectivity index (χ1v) is 10.00. The number of nitrogens with one attached hydrogen (secondary N) is 2. The summed E-state index contributed by atoms with van der Waals surface area (Å²) >= 11 is 0. The molecule has 6 bridgehead atoms. The van der Waals surface area contributed by atoms with Gasteiger partial charge in [0, 0.05) is 24.6 Å². The lowest BCUT2D eigenvalue weighted by atomic mass is 9.71.